The molecule has 5 nitrogen and oxygen atoms in total. The van der Waals surface area contributed by atoms with Crippen molar-refractivity contribution >= 4 is 0 Å². The molecule has 0 aromatic carbocycles. The van der Waals surface area contributed by atoms with Crippen LogP contribution in [0.1, 0.15) is 30.1 Å². The molecule has 1 atom stereocenters. The first-order valence-corrected chi connectivity index (χ1v) is 8.46. The van der Waals surface area contributed by atoms with Crippen LogP contribution in [0.3, 0.4) is 0 Å². The molecule has 24 heavy (non-hydrogen) atoms. The van der Waals surface area contributed by atoms with E-state index in [2.05, 4.69) is 39.1 Å². The third kappa shape index (κ3) is 3.36. The quantitative estimate of drug-likeness (QED) is 0.741. The van der Waals surface area contributed by atoms with E-state index in [1.54, 1.807) is 12.5 Å². The van der Waals surface area contributed by atoms with E-state index in [1.807, 2.05) is 29.1 Å². The Balaban J connectivity index is 1.49. The minimum absolute atomic E-state index is 0.478. The predicted octanol–water partition coefficient (Wildman–Crippen LogP) is 3.04. The van der Waals surface area contributed by atoms with Gasteiger partial charge >= 0.3 is 0 Å². The van der Waals surface area contributed by atoms with E-state index in [4.69, 9.17) is 4.98 Å². The van der Waals surface area contributed by atoms with Gasteiger partial charge < -0.3 is 0 Å². The lowest BCUT2D eigenvalue weighted by molar-refractivity contribution is 0.196. The molecule has 0 N–H and O–H groups in total. The molecule has 3 aromatic rings. The topological polar surface area (TPSA) is 46.8 Å². The highest BCUT2D eigenvalue weighted by molar-refractivity contribution is 5.26. The van der Waals surface area contributed by atoms with E-state index in [0.29, 0.717) is 5.92 Å². The number of likely N-dealkylation sites (tertiary alicyclic amines) is 1. The Kier molecular flexibility index (Phi) is 4.34. The van der Waals surface area contributed by atoms with Gasteiger partial charge in [-0.05, 0) is 43.7 Å². The predicted molar refractivity (Wildman–Crippen MR) is 92.8 cm³/mol. The van der Waals surface area contributed by atoms with Gasteiger partial charge in [0.15, 0.2) is 0 Å². The summed E-state index contributed by atoms with van der Waals surface area (Å²) in [6.45, 7) is 3.09. The van der Waals surface area contributed by atoms with E-state index in [0.717, 1.165) is 31.1 Å². The Morgan fingerprint density at radius 1 is 1.08 bits per heavy atom. The van der Waals surface area contributed by atoms with Crippen LogP contribution in [0.4, 0.5) is 0 Å². The van der Waals surface area contributed by atoms with E-state index < -0.39 is 0 Å². The summed E-state index contributed by atoms with van der Waals surface area (Å²) in [5.41, 5.74) is 2.31. The number of imidazole rings is 1. The first-order valence-electron chi connectivity index (χ1n) is 8.46. The molecule has 1 saturated heterocycles. The largest absolute Gasteiger partial charge is 0.297 e. The zero-order valence-corrected chi connectivity index (χ0v) is 13.6. The van der Waals surface area contributed by atoms with Gasteiger partial charge in [0, 0.05) is 43.3 Å². The van der Waals surface area contributed by atoms with Crippen LogP contribution in [0.25, 0.3) is 5.82 Å². The molecule has 0 bridgehead atoms. The molecule has 4 rings (SSSR count). The number of nitrogens with zero attached hydrogens (tertiary/aromatic N) is 5. The fraction of sp³-hybridized carbons (Fsp3) is 0.316. The van der Waals surface area contributed by atoms with E-state index in [9.17, 15) is 0 Å². The summed E-state index contributed by atoms with van der Waals surface area (Å²) in [6.07, 6.45) is 9.77. The Morgan fingerprint density at radius 3 is 2.92 bits per heavy atom. The van der Waals surface area contributed by atoms with Gasteiger partial charge in [0.2, 0.25) is 0 Å². The molecule has 122 valence electrons. The Morgan fingerprint density at radius 2 is 2.08 bits per heavy atom. The van der Waals surface area contributed by atoms with Crippen molar-refractivity contribution in [3.8, 4) is 5.82 Å². The van der Waals surface area contributed by atoms with Gasteiger partial charge in [-0.2, -0.15) is 0 Å². The number of piperidine rings is 1. The molecule has 4 heterocycles. The lowest BCUT2D eigenvalue weighted by Crippen LogP contribution is -2.34. The molecule has 1 aliphatic heterocycles. The third-order valence-electron chi connectivity index (χ3n) is 4.56. The second-order valence-corrected chi connectivity index (χ2v) is 6.29. The molecule has 0 amide bonds. The van der Waals surface area contributed by atoms with Gasteiger partial charge in [0.05, 0.1) is 5.69 Å². The van der Waals surface area contributed by atoms with Gasteiger partial charge in [-0.25, -0.2) is 9.97 Å². The Hall–Kier alpha value is -2.53. The Labute approximate surface area is 142 Å². The fourth-order valence-corrected chi connectivity index (χ4v) is 3.37. The highest BCUT2D eigenvalue weighted by Gasteiger charge is 2.22. The van der Waals surface area contributed by atoms with Crippen molar-refractivity contribution in [2.45, 2.75) is 25.3 Å². The highest BCUT2D eigenvalue weighted by atomic mass is 15.1. The monoisotopic (exact) mass is 319 g/mol. The van der Waals surface area contributed by atoms with Crippen LogP contribution in [0.2, 0.25) is 0 Å². The van der Waals surface area contributed by atoms with Crippen LogP contribution < -0.4 is 0 Å². The fourth-order valence-electron chi connectivity index (χ4n) is 3.37. The summed E-state index contributed by atoms with van der Waals surface area (Å²) in [7, 11) is 0. The van der Waals surface area contributed by atoms with Crippen molar-refractivity contribution in [1.82, 2.24) is 24.4 Å². The first kappa shape index (κ1) is 15.0. The first-order chi connectivity index (χ1) is 11.9. The van der Waals surface area contributed by atoms with Gasteiger partial charge in [-0.3, -0.25) is 14.5 Å². The van der Waals surface area contributed by atoms with Crippen LogP contribution in [-0.4, -0.2) is 37.5 Å². The molecule has 0 unspecified atom stereocenters. The van der Waals surface area contributed by atoms with Gasteiger partial charge in [0.1, 0.15) is 12.1 Å². The summed E-state index contributed by atoms with van der Waals surface area (Å²) in [6, 6.07) is 12.4. The highest BCUT2D eigenvalue weighted by Crippen LogP contribution is 2.27. The van der Waals surface area contributed by atoms with E-state index in [-0.39, 0.29) is 0 Å². The normalized spacial score (nSPS) is 18.6. The average Bonchev–Trinajstić information content (AvgIpc) is 3.18. The maximum atomic E-state index is 4.86. The molecule has 5 heteroatoms. The maximum absolute atomic E-state index is 4.86. The summed E-state index contributed by atoms with van der Waals surface area (Å²) in [5.74, 6) is 1.41. The van der Waals surface area contributed by atoms with E-state index in [1.165, 1.54) is 18.5 Å². The van der Waals surface area contributed by atoms with Gasteiger partial charge in [-0.1, -0.05) is 12.1 Å². The second-order valence-electron chi connectivity index (χ2n) is 6.29. The number of aromatic nitrogens is 4. The van der Waals surface area contributed by atoms with Gasteiger partial charge in [-0.15, -0.1) is 0 Å². The van der Waals surface area contributed by atoms with Crippen molar-refractivity contribution in [2.24, 2.45) is 0 Å². The SMILES string of the molecule is c1ccc(CN2CCC[C@@H](c3cccc(-n4ccnc4)n3)C2)nc1. The number of hydrogen-bond donors (Lipinski definition) is 0. The molecule has 1 fully saturated rings. The molecular formula is C19H21N5. The standard InChI is InChI=1S/C19H21N5/c1-2-9-21-17(6-1)14-23-11-4-5-16(13-23)18-7-3-8-19(22-18)24-12-10-20-15-24/h1-3,6-10,12,15-16H,4-5,11,13-14H2/t16-/m1/s1. The van der Waals surface area contributed by atoms with Crippen molar-refractivity contribution in [3.63, 3.8) is 0 Å². The zero-order chi connectivity index (χ0) is 16.2. The molecule has 0 spiro atoms. The van der Waals surface area contributed by atoms with Crippen molar-refractivity contribution in [3.05, 3.63) is 72.7 Å². The zero-order valence-electron chi connectivity index (χ0n) is 13.6. The maximum Gasteiger partial charge on any atom is 0.138 e. The molecular weight excluding hydrogens is 298 g/mol. The molecule has 3 aromatic heterocycles. The third-order valence-corrected chi connectivity index (χ3v) is 4.56. The average molecular weight is 319 g/mol. The van der Waals surface area contributed by atoms with Crippen LogP contribution in [0.5, 0.6) is 0 Å². The molecule has 0 radical (unpaired) electrons. The van der Waals surface area contributed by atoms with Crippen LogP contribution in [0.15, 0.2) is 61.3 Å². The van der Waals surface area contributed by atoms with E-state index >= 15 is 0 Å². The molecule has 0 aliphatic carbocycles. The summed E-state index contributed by atoms with van der Waals surface area (Å²) in [5, 5.41) is 0. The summed E-state index contributed by atoms with van der Waals surface area (Å²) in [4.78, 5) is 15.9. The molecule has 0 saturated carbocycles. The number of hydrogen-bond acceptors (Lipinski definition) is 4. The van der Waals surface area contributed by atoms with Crippen LogP contribution in [-0.2, 0) is 6.54 Å². The summed E-state index contributed by atoms with van der Waals surface area (Å²) >= 11 is 0. The van der Waals surface area contributed by atoms with Gasteiger partial charge in [0.25, 0.3) is 0 Å². The lowest BCUT2D eigenvalue weighted by atomic mass is 9.94. The molecule has 1 aliphatic rings. The Bertz CT molecular complexity index is 769. The van der Waals surface area contributed by atoms with Crippen molar-refractivity contribution in [1.29, 1.82) is 0 Å². The number of pyridine rings is 2. The summed E-state index contributed by atoms with van der Waals surface area (Å²) < 4.78 is 1.96. The minimum atomic E-state index is 0.478. The van der Waals surface area contributed by atoms with Crippen LogP contribution >= 0.6 is 0 Å². The minimum Gasteiger partial charge on any atom is -0.297 e. The second kappa shape index (κ2) is 6.93. The van der Waals surface area contributed by atoms with Crippen molar-refractivity contribution < 1.29 is 0 Å². The number of rotatable bonds is 4. The lowest BCUT2D eigenvalue weighted by Gasteiger charge is -2.32. The smallest absolute Gasteiger partial charge is 0.138 e. The van der Waals surface area contributed by atoms with Crippen LogP contribution in [0, 0.1) is 0 Å². The van der Waals surface area contributed by atoms with Crippen molar-refractivity contribution in [2.75, 3.05) is 13.1 Å².